The second-order valence-corrected chi connectivity index (χ2v) is 4.88. The predicted octanol–water partition coefficient (Wildman–Crippen LogP) is 1.93. The molecule has 0 aliphatic carbocycles. The second kappa shape index (κ2) is 7.51. The van der Waals surface area contributed by atoms with E-state index < -0.39 is 5.97 Å². The van der Waals surface area contributed by atoms with Gasteiger partial charge in [0, 0.05) is 19.2 Å². The Morgan fingerprint density at radius 1 is 1.37 bits per heavy atom. The molecule has 5 heteroatoms. The number of aromatic nitrogens is 1. The Balaban J connectivity index is 2.68. The van der Waals surface area contributed by atoms with Crippen LogP contribution in [0.3, 0.4) is 0 Å². The van der Waals surface area contributed by atoms with Crippen LogP contribution in [0.25, 0.3) is 0 Å². The molecule has 0 aliphatic heterocycles. The number of carbonyl (C=O) groups excluding carboxylic acids is 1. The summed E-state index contributed by atoms with van der Waals surface area (Å²) in [6, 6.07) is 5.49. The lowest BCUT2D eigenvalue weighted by molar-refractivity contribution is -0.139. The van der Waals surface area contributed by atoms with E-state index in [9.17, 15) is 9.59 Å². The van der Waals surface area contributed by atoms with Crippen molar-refractivity contribution >= 4 is 11.9 Å². The van der Waals surface area contributed by atoms with Crippen molar-refractivity contribution < 1.29 is 14.7 Å². The minimum absolute atomic E-state index is 0.0260. The van der Waals surface area contributed by atoms with E-state index in [1.165, 1.54) is 0 Å². The third-order valence-electron chi connectivity index (χ3n) is 2.61. The largest absolute Gasteiger partial charge is 0.481 e. The van der Waals surface area contributed by atoms with Crippen LogP contribution in [0.4, 0.5) is 0 Å². The SMILES string of the molecule is CC(C)CC(=O)N(CCC(=O)O)Cc1ccccn1. The number of amides is 1. The molecule has 0 spiro atoms. The van der Waals surface area contributed by atoms with Crippen molar-refractivity contribution in [2.45, 2.75) is 33.2 Å². The van der Waals surface area contributed by atoms with Gasteiger partial charge in [-0.2, -0.15) is 0 Å². The van der Waals surface area contributed by atoms with Crippen molar-refractivity contribution in [2.75, 3.05) is 6.54 Å². The van der Waals surface area contributed by atoms with Crippen LogP contribution in [0.15, 0.2) is 24.4 Å². The molecule has 5 nitrogen and oxygen atoms in total. The average Bonchev–Trinajstić information content (AvgIpc) is 2.34. The van der Waals surface area contributed by atoms with Gasteiger partial charge in [0.15, 0.2) is 0 Å². The molecule has 1 aromatic rings. The van der Waals surface area contributed by atoms with Crippen LogP contribution in [0.5, 0.6) is 0 Å². The van der Waals surface area contributed by atoms with Crippen LogP contribution >= 0.6 is 0 Å². The maximum absolute atomic E-state index is 12.1. The Morgan fingerprint density at radius 3 is 2.63 bits per heavy atom. The van der Waals surface area contributed by atoms with Crippen LogP contribution in [0.2, 0.25) is 0 Å². The van der Waals surface area contributed by atoms with Gasteiger partial charge >= 0.3 is 5.97 Å². The summed E-state index contributed by atoms with van der Waals surface area (Å²) in [5.41, 5.74) is 0.769. The molecule has 0 radical (unpaired) electrons. The quantitative estimate of drug-likeness (QED) is 0.817. The molecular weight excluding hydrogens is 244 g/mol. The zero-order chi connectivity index (χ0) is 14.3. The Hall–Kier alpha value is -1.91. The molecule has 1 heterocycles. The van der Waals surface area contributed by atoms with Crippen LogP contribution in [-0.2, 0) is 16.1 Å². The summed E-state index contributed by atoms with van der Waals surface area (Å²) in [4.78, 5) is 28.5. The number of hydrogen-bond acceptors (Lipinski definition) is 3. The molecule has 0 aliphatic rings. The van der Waals surface area contributed by atoms with Gasteiger partial charge in [-0.15, -0.1) is 0 Å². The molecule has 1 aromatic heterocycles. The molecule has 1 rings (SSSR count). The van der Waals surface area contributed by atoms with Crippen molar-refractivity contribution in [1.29, 1.82) is 0 Å². The van der Waals surface area contributed by atoms with Gasteiger partial charge in [-0.3, -0.25) is 14.6 Å². The molecule has 1 amide bonds. The normalized spacial score (nSPS) is 10.5. The molecule has 0 aromatic carbocycles. The molecule has 19 heavy (non-hydrogen) atoms. The zero-order valence-corrected chi connectivity index (χ0v) is 11.4. The Kier molecular flexibility index (Phi) is 5.99. The first kappa shape index (κ1) is 15.1. The third-order valence-corrected chi connectivity index (χ3v) is 2.61. The van der Waals surface area contributed by atoms with E-state index in [0.717, 1.165) is 5.69 Å². The summed E-state index contributed by atoms with van der Waals surface area (Å²) in [5, 5.41) is 8.74. The zero-order valence-electron chi connectivity index (χ0n) is 11.4. The lowest BCUT2D eigenvalue weighted by atomic mass is 10.1. The van der Waals surface area contributed by atoms with Crippen LogP contribution < -0.4 is 0 Å². The summed E-state index contributed by atoms with van der Waals surface area (Å²) in [5.74, 6) is -0.672. The fraction of sp³-hybridized carbons (Fsp3) is 0.500. The van der Waals surface area contributed by atoms with E-state index in [-0.39, 0.29) is 24.8 Å². The van der Waals surface area contributed by atoms with Crippen LogP contribution in [0.1, 0.15) is 32.4 Å². The standard InChI is InChI=1S/C14H20N2O3/c1-11(2)9-13(17)16(8-6-14(18)19)10-12-5-3-4-7-15-12/h3-5,7,11H,6,8-10H2,1-2H3,(H,18,19). The van der Waals surface area contributed by atoms with Gasteiger partial charge < -0.3 is 10.0 Å². The molecule has 0 unspecified atom stereocenters. The monoisotopic (exact) mass is 264 g/mol. The summed E-state index contributed by atoms with van der Waals surface area (Å²) in [6.45, 7) is 4.51. The lowest BCUT2D eigenvalue weighted by Gasteiger charge is -2.22. The number of nitrogens with zero attached hydrogens (tertiary/aromatic N) is 2. The van der Waals surface area contributed by atoms with Crippen LogP contribution in [-0.4, -0.2) is 33.4 Å². The van der Waals surface area contributed by atoms with Crippen molar-refractivity contribution in [3.8, 4) is 0 Å². The molecule has 0 saturated carbocycles. The van der Waals surface area contributed by atoms with Gasteiger partial charge in [-0.1, -0.05) is 19.9 Å². The van der Waals surface area contributed by atoms with Gasteiger partial charge in [0.1, 0.15) is 0 Å². The summed E-state index contributed by atoms with van der Waals surface area (Å²) in [7, 11) is 0. The number of hydrogen-bond donors (Lipinski definition) is 1. The number of carbonyl (C=O) groups is 2. The first-order valence-corrected chi connectivity index (χ1v) is 6.38. The van der Waals surface area contributed by atoms with E-state index in [0.29, 0.717) is 13.0 Å². The Morgan fingerprint density at radius 2 is 2.11 bits per heavy atom. The molecule has 1 N–H and O–H groups in total. The Bertz CT molecular complexity index is 418. The van der Waals surface area contributed by atoms with Gasteiger partial charge in [0.05, 0.1) is 18.7 Å². The van der Waals surface area contributed by atoms with Gasteiger partial charge in [0.2, 0.25) is 5.91 Å². The van der Waals surface area contributed by atoms with E-state index in [2.05, 4.69) is 4.98 Å². The minimum Gasteiger partial charge on any atom is -0.481 e. The number of pyridine rings is 1. The van der Waals surface area contributed by atoms with Gasteiger partial charge in [0.25, 0.3) is 0 Å². The minimum atomic E-state index is -0.900. The lowest BCUT2D eigenvalue weighted by Crippen LogP contribution is -2.33. The van der Waals surface area contributed by atoms with E-state index >= 15 is 0 Å². The summed E-state index contributed by atoms with van der Waals surface area (Å²) < 4.78 is 0. The highest BCUT2D eigenvalue weighted by Crippen LogP contribution is 2.09. The van der Waals surface area contributed by atoms with E-state index in [1.807, 2.05) is 26.0 Å². The first-order valence-electron chi connectivity index (χ1n) is 6.38. The average molecular weight is 264 g/mol. The van der Waals surface area contributed by atoms with Crippen LogP contribution in [0, 0.1) is 5.92 Å². The molecular formula is C14H20N2O3. The topological polar surface area (TPSA) is 70.5 Å². The Labute approximate surface area is 113 Å². The summed E-state index contributed by atoms with van der Waals surface area (Å²) >= 11 is 0. The maximum Gasteiger partial charge on any atom is 0.305 e. The van der Waals surface area contributed by atoms with Crippen molar-refractivity contribution in [2.24, 2.45) is 5.92 Å². The molecule has 0 atom stereocenters. The number of rotatable bonds is 7. The highest BCUT2D eigenvalue weighted by Gasteiger charge is 2.16. The fourth-order valence-electron chi connectivity index (χ4n) is 1.69. The van der Waals surface area contributed by atoms with Gasteiger partial charge in [-0.25, -0.2) is 0 Å². The highest BCUT2D eigenvalue weighted by molar-refractivity contribution is 5.77. The van der Waals surface area contributed by atoms with E-state index in [4.69, 9.17) is 5.11 Å². The maximum atomic E-state index is 12.1. The molecule has 0 bridgehead atoms. The van der Waals surface area contributed by atoms with Gasteiger partial charge in [-0.05, 0) is 18.1 Å². The first-order chi connectivity index (χ1) is 8.99. The van der Waals surface area contributed by atoms with E-state index in [1.54, 1.807) is 17.2 Å². The van der Waals surface area contributed by atoms with Crippen molar-refractivity contribution in [3.63, 3.8) is 0 Å². The number of carboxylic acid groups (broad SMARTS) is 1. The van der Waals surface area contributed by atoms with Crippen molar-refractivity contribution in [1.82, 2.24) is 9.88 Å². The highest BCUT2D eigenvalue weighted by atomic mass is 16.4. The fourth-order valence-corrected chi connectivity index (χ4v) is 1.69. The number of aliphatic carboxylic acids is 1. The molecule has 0 saturated heterocycles. The molecule has 0 fully saturated rings. The smallest absolute Gasteiger partial charge is 0.305 e. The number of carboxylic acids is 1. The predicted molar refractivity (Wildman–Crippen MR) is 71.4 cm³/mol. The third kappa shape index (κ3) is 5.99. The van der Waals surface area contributed by atoms with Crippen molar-refractivity contribution in [3.05, 3.63) is 30.1 Å². The summed E-state index contributed by atoms with van der Waals surface area (Å²) in [6.07, 6.45) is 2.04. The second-order valence-electron chi connectivity index (χ2n) is 4.88. The molecule has 104 valence electrons.